The summed E-state index contributed by atoms with van der Waals surface area (Å²) >= 11 is 1.44. The second-order valence-corrected chi connectivity index (χ2v) is 8.47. The summed E-state index contributed by atoms with van der Waals surface area (Å²) in [6.07, 6.45) is 3.26. The Kier molecular flexibility index (Phi) is 5.86. The van der Waals surface area contributed by atoms with E-state index in [4.69, 9.17) is 4.74 Å². The Balaban J connectivity index is 1.80. The number of rotatable bonds is 6. The molecule has 158 valence electrons. The number of aliphatic hydroxyl groups is 1. The average molecular weight is 435 g/mol. The molecule has 1 fully saturated rings. The van der Waals surface area contributed by atoms with E-state index >= 15 is 0 Å². The SMILES string of the molecule is CC(C)Oc1cccc(/C(O)=C2/C(=O)C(=O)N(Cc3ccncc3)C2c2cccs2)c1. The van der Waals surface area contributed by atoms with Crippen molar-refractivity contribution in [2.75, 3.05) is 0 Å². The van der Waals surface area contributed by atoms with Gasteiger partial charge in [0, 0.05) is 29.4 Å². The molecule has 1 N–H and O–H groups in total. The largest absolute Gasteiger partial charge is 0.507 e. The molecule has 0 saturated carbocycles. The van der Waals surface area contributed by atoms with E-state index in [0.717, 1.165) is 10.4 Å². The molecule has 0 aliphatic carbocycles. The fourth-order valence-corrected chi connectivity index (χ4v) is 4.46. The van der Waals surface area contributed by atoms with Crippen molar-refractivity contribution in [2.45, 2.75) is 32.5 Å². The predicted octanol–water partition coefficient (Wildman–Crippen LogP) is 4.55. The lowest BCUT2D eigenvalue weighted by molar-refractivity contribution is -0.140. The van der Waals surface area contributed by atoms with Crippen LogP contribution in [0.15, 0.2) is 71.9 Å². The second-order valence-electron chi connectivity index (χ2n) is 7.49. The molecule has 1 aliphatic heterocycles. The number of carbonyl (C=O) groups is 2. The van der Waals surface area contributed by atoms with Gasteiger partial charge in [0.15, 0.2) is 0 Å². The summed E-state index contributed by atoms with van der Waals surface area (Å²) in [5, 5.41) is 13.0. The molecule has 1 saturated heterocycles. The highest BCUT2D eigenvalue weighted by Gasteiger charge is 2.46. The highest BCUT2D eigenvalue weighted by atomic mass is 32.1. The van der Waals surface area contributed by atoms with Crippen LogP contribution in [0.5, 0.6) is 5.75 Å². The molecule has 31 heavy (non-hydrogen) atoms. The Labute approximate surface area is 184 Å². The molecular formula is C24H22N2O4S. The third-order valence-corrected chi connectivity index (χ3v) is 5.86. The van der Waals surface area contributed by atoms with E-state index in [-0.39, 0.29) is 24.0 Å². The van der Waals surface area contributed by atoms with Crippen molar-refractivity contribution in [2.24, 2.45) is 0 Å². The normalized spacial score (nSPS) is 18.0. The third kappa shape index (κ3) is 4.22. The van der Waals surface area contributed by atoms with Gasteiger partial charge >= 0.3 is 0 Å². The first-order valence-corrected chi connectivity index (χ1v) is 10.8. The van der Waals surface area contributed by atoms with Crippen LogP contribution in [0.1, 0.15) is 35.9 Å². The number of pyridine rings is 1. The Hall–Kier alpha value is -3.45. The molecule has 1 amide bonds. The first-order chi connectivity index (χ1) is 15.0. The van der Waals surface area contributed by atoms with Gasteiger partial charge in [0.25, 0.3) is 11.7 Å². The van der Waals surface area contributed by atoms with Crippen molar-refractivity contribution < 1.29 is 19.4 Å². The number of Topliss-reactive ketones (excluding diaryl/α,β-unsaturated/α-hetero) is 1. The van der Waals surface area contributed by atoms with Crippen molar-refractivity contribution >= 4 is 28.8 Å². The van der Waals surface area contributed by atoms with Crippen molar-refractivity contribution in [1.29, 1.82) is 0 Å². The van der Waals surface area contributed by atoms with Crippen LogP contribution in [-0.2, 0) is 16.1 Å². The molecule has 3 heterocycles. The van der Waals surface area contributed by atoms with Crippen LogP contribution in [0.25, 0.3) is 5.76 Å². The summed E-state index contributed by atoms with van der Waals surface area (Å²) < 4.78 is 5.71. The molecule has 0 radical (unpaired) electrons. The van der Waals surface area contributed by atoms with E-state index in [1.165, 1.54) is 16.2 Å². The maximum absolute atomic E-state index is 13.0. The lowest BCUT2D eigenvalue weighted by Crippen LogP contribution is -2.28. The number of aromatic nitrogens is 1. The van der Waals surface area contributed by atoms with E-state index in [1.54, 1.807) is 48.8 Å². The smallest absolute Gasteiger partial charge is 0.295 e. The molecule has 3 aromatic rings. The van der Waals surface area contributed by atoms with Crippen molar-refractivity contribution in [3.63, 3.8) is 0 Å². The average Bonchev–Trinajstić information content (AvgIpc) is 3.36. The molecule has 1 aliphatic rings. The van der Waals surface area contributed by atoms with E-state index in [9.17, 15) is 14.7 Å². The summed E-state index contributed by atoms with van der Waals surface area (Å²) in [5.74, 6) is -0.951. The number of ether oxygens (including phenoxy) is 1. The highest BCUT2D eigenvalue weighted by molar-refractivity contribution is 7.10. The maximum Gasteiger partial charge on any atom is 0.295 e. The third-order valence-electron chi connectivity index (χ3n) is 4.93. The minimum atomic E-state index is -0.694. The van der Waals surface area contributed by atoms with Gasteiger partial charge in [-0.15, -0.1) is 11.3 Å². The number of hydrogen-bond donors (Lipinski definition) is 1. The first kappa shape index (κ1) is 20.8. The van der Waals surface area contributed by atoms with Crippen LogP contribution in [0.2, 0.25) is 0 Å². The van der Waals surface area contributed by atoms with Crippen molar-refractivity contribution in [1.82, 2.24) is 9.88 Å². The highest BCUT2D eigenvalue weighted by Crippen LogP contribution is 2.42. The number of nitrogens with zero attached hydrogens (tertiary/aromatic N) is 2. The van der Waals surface area contributed by atoms with Crippen LogP contribution in [0.4, 0.5) is 0 Å². The molecule has 0 spiro atoms. The van der Waals surface area contributed by atoms with Crippen LogP contribution in [0, 0.1) is 0 Å². The second kappa shape index (κ2) is 8.73. The van der Waals surface area contributed by atoms with Gasteiger partial charge in [0.1, 0.15) is 11.5 Å². The van der Waals surface area contributed by atoms with Gasteiger partial charge in [-0.3, -0.25) is 14.6 Å². The zero-order valence-electron chi connectivity index (χ0n) is 17.2. The number of ketones is 1. The standard InChI is InChI=1S/C24H22N2O4S/c1-15(2)30-18-6-3-5-17(13-18)22(27)20-21(19-7-4-12-31-19)26(24(29)23(20)28)14-16-8-10-25-11-9-16/h3-13,15,21,27H,14H2,1-2H3/b22-20-. The first-order valence-electron chi connectivity index (χ1n) is 9.93. The Bertz CT molecular complexity index is 1120. The molecule has 1 unspecified atom stereocenters. The fourth-order valence-electron chi connectivity index (χ4n) is 3.62. The zero-order valence-corrected chi connectivity index (χ0v) is 18.0. The number of amides is 1. The zero-order chi connectivity index (χ0) is 22.0. The van der Waals surface area contributed by atoms with E-state index in [0.29, 0.717) is 11.3 Å². The predicted molar refractivity (Wildman–Crippen MR) is 119 cm³/mol. The number of benzene rings is 1. The maximum atomic E-state index is 13.0. The van der Waals surface area contributed by atoms with E-state index in [1.807, 2.05) is 31.4 Å². The van der Waals surface area contributed by atoms with Crippen LogP contribution >= 0.6 is 11.3 Å². The monoisotopic (exact) mass is 434 g/mol. The summed E-state index contributed by atoms with van der Waals surface area (Å²) in [6, 6.07) is 13.6. The van der Waals surface area contributed by atoms with Crippen molar-refractivity contribution in [3.05, 3.63) is 87.9 Å². The molecule has 2 aromatic heterocycles. The summed E-state index contributed by atoms with van der Waals surface area (Å²) in [4.78, 5) is 32.3. The Morgan fingerprint density at radius 2 is 1.94 bits per heavy atom. The molecule has 6 nitrogen and oxygen atoms in total. The number of likely N-dealkylation sites (tertiary alicyclic amines) is 1. The number of thiophene rings is 1. The van der Waals surface area contributed by atoms with Gasteiger partial charge in [-0.2, -0.15) is 0 Å². The lowest BCUT2D eigenvalue weighted by Gasteiger charge is -2.24. The molecule has 4 rings (SSSR count). The summed E-state index contributed by atoms with van der Waals surface area (Å²) in [7, 11) is 0. The van der Waals surface area contributed by atoms with Crippen molar-refractivity contribution in [3.8, 4) is 5.75 Å². The summed E-state index contributed by atoms with van der Waals surface area (Å²) in [6.45, 7) is 4.06. The quantitative estimate of drug-likeness (QED) is 0.350. The number of aliphatic hydroxyl groups excluding tert-OH is 1. The van der Waals surface area contributed by atoms with Crippen LogP contribution < -0.4 is 4.74 Å². The minimum Gasteiger partial charge on any atom is -0.507 e. The van der Waals surface area contributed by atoms with Gasteiger partial charge in [-0.1, -0.05) is 18.2 Å². The topological polar surface area (TPSA) is 79.7 Å². The molecule has 0 bridgehead atoms. The fraction of sp³-hybridized carbons (Fsp3) is 0.208. The molecule has 7 heteroatoms. The van der Waals surface area contributed by atoms with Gasteiger partial charge in [0.05, 0.1) is 17.7 Å². The van der Waals surface area contributed by atoms with Gasteiger partial charge < -0.3 is 14.7 Å². The lowest BCUT2D eigenvalue weighted by atomic mass is 9.99. The number of carbonyl (C=O) groups excluding carboxylic acids is 2. The molecule has 1 aromatic carbocycles. The Morgan fingerprint density at radius 1 is 1.16 bits per heavy atom. The molecule has 1 atom stereocenters. The van der Waals surface area contributed by atoms with E-state index < -0.39 is 17.7 Å². The Morgan fingerprint density at radius 3 is 2.61 bits per heavy atom. The van der Waals surface area contributed by atoms with Crippen LogP contribution in [-0.4, -0.2) is 32.8 Å². The van der Waals surface area contributed by atoms with E-state index in [2.05, 4.69) is 4.98 Å². The minimum absolute atomic E-state index is 0.0329. The summed E-state index contributed by atoms with van der Waals surface area (Å²) in [5.41, 5.74) is 1.37. The molecular weight excluding hydrogens is 412 g/mol. The number of hydrogen-bond acceptors (Lipinski definition) is 6. The van der Waals surface area contributed by atoms with Crippen LogP contribution in [0.3, 0.4) is 0 Å². The van der Waals surface area contributed by atoms with Gasteiger partial charge in [0.2, 0.25) is 0 Å². The van der Waals surface area contributed by atoms with Gasteiger partial charge in [-0.05, 0) is 55.1 Å². The van der Waals surface area contributed by atoms with Gasteiger partial charge in [-0.25, -0.2) is 0 Å².